The molecule has 246 valence electrons. The number of amides is 1. The second-order valence-corrected chi connectivity index (χ2v) is 10.8. The number of hydrogen-bond donors (Lipinski definition) is 15. The maximum absolute atomic E-state index is 12.3. The van der Waals surface area contributed by atoms with Gasteiger partial charge in [0.15, 0.2) is 36.8 Å². The summed E-state index contributed by atoms with van der Waals surface area (Å²) in [4.78, 5) is 12.3. The van der Waals surface area contributed by atoms with Gasteiger partial charge in [-0.2, -0.15) is 0 Å². The van der Waals surface area contributed by atoms with Crippen LogP contribution < -0.4 is 32.7 Å². The van der Waals surface area contributed by atoms with Gasteiger partial charge < -0.3 is 86.8 Å². The first kappa shape index (κ1) is 33.2. The number of nitrogens with one attached hydrogen (secondary N) is 6. The van der Waals surface area contributed by atoms with Gasteiger partial charge in [-0.1, -0.05) is 0 Å². The first-order valence-corrected chi connectivity index (χ1v) is 13.4. The number of rotatable bonds is 8. The van der Waals surface area contributed by atoms with E-state index in [-0.39, 0.29) is 0 Å². The molecule has 0 bridgehead atoms. The molecule has 21 nitrogen and oxygen atoms in total. The number of likely N-dealkylation sites (N-methyl/N-ethyl adjacent to an activating group) is 1. The van der Waals surface area contributed by atoms with E-state index < -0.39 is 122 Å². The second kappa shape index (κ2) is 12.7. The Morgan fingerprint density at radius 1 is 0.907 bits per heavy atom. The molecular weight excluding hydrogens is 584 g/mol. The summed E-state index contributed by atoms with van der Waals surface area (Å²) in [5, 5.41) is 99.3. The van der Waals surface area contributed by atoms with Crippen LogP contribution in [0.4, 0.5) is 4.79 Å². The Kier molecular flexibility index (Phi) is 9.85. The molecule has 0 unspecified atom stereocenters. The Morgan fingerprint density at radius 3 is 2.05 bits per heavy atom. The number of aliphatic hydroxyl groups excluding tert-OH is 7. The lowest BCUT2D eigenvalue weighted by molar-refractivity contribution is -0.318. The largest absolute Gasteiger partial charge is 0.432 e. The standard InChI is InChI=1S/C22H40N8O13/c1-4-22(18(37)30-21(38)43-22)15(42-16-8(27-2)12(35)9(32)5(3-31)40-16)17(39-4)41-14-7(29-20(25)26)10(33)6(28-19(23)24)11(34)13(14)36/h4-18,27,31-37H,3H2,1-2H3,(H,30,38)(H4,23,24,28)(H4,25,26,29)/t4-,5-,6+,7-,8-,9-,10+,11-,12-,13+,14+,15-,16-,17-,18-,22+/m0/s1. The molecule has 0 radical (unpaired) electrons. The fraction of sp³-hybridized carbons (Fsp3) is 0.864. The molecule has 3 saturated heterocycles. The van der Waals surface area contributed by atoms with Crippen LogP contribution in [0.5, 0.6) is 0 Å². The van der Waals surface area contributed by atoms with Crippen LogP contribution >= 0.6 is 0 Å². The molecule has 4 aliphatic rings. The fourth-order valence-corrected chi connectivity index (χ4v) is 5.99. The van der Waals surface area contributed by atoms with Gasteiger partial charge in [-0.15, -0.1) is 0 Å². The van der Waals surface area contributed by atoms with Crippen LogP contribution in [0, 0.1) is 10.8 Å². The Hall–Kier alpha value is -2.67. The van der Waals surface area contributed by atoms with Gasteiger partial charge in [0.25, 0.3) is 0 Å². The highest BCUT2D eigenvalue weighted by atomic mass is 16.8. The summed E-state index contributed by atoms with van der Waals surface area (Å²) in [5.41, 5.74) is 8.82. The van der Waals surface area contributed by atoms with E-state index in [2.05, 4.69) is 21.3 Å². The minimum Gasteiger partial charge on any atom is -0.432 e. The normalized spacial score (nSPS) is 48.0. The second-order valence-electron chi connectivity index (χ2n) is 10.8. The molecule has 1 aliphatic carbocycles. The molecule has 3 heterocycles. The van der Waals surface area contributed by atoms with Crippen molar-refractivity contribution in [3.8, 4) is 0 Å². The molecule has 21 heteroatoms. The number of nitrogens with two attached hydrogens (primary N) is 2. The van der Waals surface area contributed by atoms with E-state index in [9.17, 15) is 40.5 Å². The average Bonchev–Trinajstić information content (AvgIpc) is 3.38. The van der Waals surface area contributed by atoms with E-state index in [0.717, 1.165) is 0 Å². The maximum atomic E-state index is 12.3. The molecule has 16 atom stereocenters. The van der Waals surface area contributed by atoms with Crippen molar-refractivity contribution in [3.63, 3.8) is 0 Å². The third kappa shape index (κ3) is 5.91. The van der Waals surface area contributed by atoms with Crippen LogP contribution in [0.15, 0.2) is 0 Å². The van der Waals surface area contributed by atoms with E-state index in [0.29, 0.717) is 0 Å². The zero-order valence-electron chi connectivity index (χ0n) is 23.1. The van der Waals surface area contributed by atoms with Gasteiger partial charge in [0.2, 0.25) is 5.60 Å². The first-order valence-electron chi connectivity index (χ1n) is 13.4. The summed E-state index contributed by atoms with van der Waals surface area (Å²) in [6.45, 7) is 0.697. The zero-order chi connectivity index (χ0) is 32.0. The average molecular weight is 625 g/mol. The van der Waals surface area contributed by atoms with E-state index in [1.807, 2.05) is 0 Å². The van der Waals surface area contributed by atoms with Crippen LogP contribution in [0.3, 0.4) is 0 Å². The topological polar surface area (TPSA) is 353 Å². The van der Waals surface area contributed by atoms with Crippen LogP contribution in [0.25, 0.3) is 0 Å². The number of guanidine groups is 2. The molecule has 4 rings (SSSR count). The van der Waals surface area contributed by atoms with Crippen molar-refractivity contribution >= 4 is 18.0 Å². The quantitative estimate of drug-likeness (QED) is 0.0880. The first-order chi connectivity index (χ1) is 20.2. The Bertz CT molecular complexity index is 1050. The van der Waals surface area contributed by atoms with Crippen LogP contribution in [-0.2, 0) is 23.7 Å². The van der Waals surface area contributed by atoms with Gasteiger partial charge in [0.05, 0.1) is 30.8 Å². The Labute approximate surface area is 244 Å². The van der Waals surface area contributed by atoms with E-state index >= 15 is 0 Å². The Balaban J connectivity index is 1.70. The van der Waals surface area contributed by atoms with Crippen molar-refractivity contribution in [2.75, 3.05) is 13.7 Å². The van der Waals surface area contributed by atoms with E-state index in [1.54, 1.807) is 0 Å². The molecule has 0 aromatic carbocycles. The lowest BCUT2D eigenvalue weighted by Crippen LogP contribution is -2.73. The minimum atomic E-state index is -2.03. The molecule has 4 fully saturated rings. The predicted molar refractivity (Wildman–Crippen MR) is 139 cm³/mol. The lowest BCUT2D eigenvalue weighted by Gasteiger charge is -2.47. The van der Waals surface area contributed by atoms with Gasteiger partial charge in [0.1, 0.15) is 42.7 Å². The monoisotopic (exact) mass is 624 g/mol. The van der Waals surface area contributed by atoms with Gasteiger partial charge >= 0.3 is 6.09 Å². The van der Waals surface area contributed by atoms with Crippen molar-refractivity contribution < 1.29 is 64.2 Å². The van der Waals surface area contributed by atoms with Gasteiger partial charge in [-0.05, 0) is 14.0 Å². The molecule has 1 spiro atoms. The predicted octanol–water partition coefficient (Wildman–Crippen LogP) is -7.87. The van der Waals surface area contributed by atoms with Crippen molar-refractivity contribution in [2.45, 2.75) is 104 Å². The van der Waals surface area contributed by atoms with Crippen molar-refractivity contribution in [1.29, 1.82) is 10.8 Å². The minimum absolute atomic E-state index is 0.635. The summed E-state index contributed by atoms with van der Waals surface area (Å²) < 4.78 is 29.2. The van der Waals surface area contributed by atoms with Crippen LogP contribution in [0.2, 0.25) is 0 Å². The van der Waals surface area contributed by atoms with Gasteiger partial charge in [0, 0.05) is 0 Å². The molecule has 1 saturated carbocycles. The number of ether oxygens (including phenoxy) is 5. The number of aliphatic hydroxyl groups is 7. The number of hydrogen-bond acceptors (Lipinski definition) is 16. The number of carbonyl (C=O) groups excluding carboxylic acids is 1. The summed E-state index contributed by atoms with van der Waals surface area (Å²) >= 11 is 0. The molecule has 17 N–H and O–H groups in total. The summed E-state index contributed by atoms with van der Waals surface area (Å²) in [6.07, 6.45) is -20.1. The summed E-state index contributed by atoms with van der Waals surface area (Å²) in [6, 6.07) is -3.99. The van der Waals surface area contributed by atoms with Gasteiger partial charge in [-0.25, -0.2) is 4.79 Å². The smallest absolute Gasteiger partial charge is 0.410 e. The number of alkyl carbamates (subject to hydrolysis) is 1. The zero-order valence-corrected chi connectivity index (χ0v) is 23.1. The van der Waals surface area contributed by atoms with E-state index in [1.165, 1.54) is 14.0 Å². The van der Waals surface area contributed by atoms with Crippen molar-refractivity contribution in [2.24, 2.45) is 11.5 Å². The van der Waals surface area contributed by atoms with Gasteiger partial charge in [-0.3, -0.25) is 16.1 Å². The molecule has 3 aliphatic heterocycles. The van der Waals surface area contributed by atoms with Crippen LogP contribution in [-0.4, -0.2) is 165 Å². The summed E-state index contributed by atoms with van der Waals surface area (Å²) in [5.74, 6) is -1.30. The highest BCUT2D eigenvalue weighted by Crippen LogP contribution is 2.44. The maximum Gasteiger partial charge on any atom is 0.410 e. The highest BCUT2D eigenvalue weighted by molar-refractivity contribution is 5.76. The SMILES string of the molecule is CN[C@@H]1[C@H](O[C@H]2[C@H](O[C@H]3[C@H](O)[C@@H](O)[C@H](NC(=N)N)[C@@H](O)[C@@H]3NC(=N)N)O[C@@H](C)[C@@]23OC(=O)N[C@H]3O)O[C@@H](CO)[C@H](O)[C@H]1O. The van der Waals surface area contributed by atoms with E-state index in [4.69, 9.17) is 46.0 Å². The lowest BCUT2D eigenvalue weighted by atomic mass is 9.81. The molecule has 1 amide bonds. The van der Waals surface area contributed by atoms with Crippen LogP contribution in [0.1, 0.15) is 6.92 Å². The summed E-state index contributed by atoms with van der Waals surface area (Å²) in [7, 11) is 1.42. The van der Waals surface area contributed by atoms with Crippen molar-refractivity contribution in [3.05, 3.63) is 0 Å². The molecular formula is C22H40N8O13. The molecule has 0 aromatic heterocycles. The molecule has 0 aromatic rings. The number of carbonyl (C=O) groups is 1. The molecule has 43 heavy (non-hydrogen) atoms. The third-order valence-electron chi connectivity index (χ3n) is 8.19. The highest BCUT2D eigenvalue weighted by Gasteiger charge is 2.69. The third-order valence-corrected chi connectivity index (χ3v) is 8.19. The Morgan fingerprint density at radius 2 is 1.51 bits per heavy atom. The fourth-order valence-electron chi connectivity index (χ4n) is 5.99. The van der Waals surface area contributed by atoms with Crippen molar-refractivity contribution in [1.82, 2.24) is 21.3 Å².